The van der Waals surface area contributed by atoms with Gasteiger partial charge in [-0.1, -0.05) is 394 Å². The van der Waals surface area contributed by atoms with Crippen LogP contribution in [-0.4, -0.2) is 70.0 Å². The molecule has 0 aliphatic rings. The molecule has 0 aromatic carbocycles. The van der Waals surface area contributed by atoms with Crippen molar-refractivity contribution in [3.05, 3.63) is 85.1 Å². The van der Waals surface area contributed by atoms with Crippen molar-refractivity contribution in [3.63, 3.8) is 0 Å². The van der Waals surface area contributed by atoms with E-state index in [0.29, 0.717) is 17.4 Å². The van der Waals surface area contributed by atoms with Crippen LogP contribution in [0.3, 0.4) is 0 Å². The van der Waals surface area contributed by atoms with Crippen molar-refractivity contribution in [2.24, 2.45) is 0 Å². The van der Waals surface area contributed by atoms with Crippen LogP contribution >= 0.6 is 7.82 Å². The van der Waals surface area contributed by atoms with E-state index < -0.39 is 26.5 Å². The van der Waals surface area contributed by atoms with Crippen LogP contribution in [0.4, 0.5) is 0 Å². The Morgan fingerprint density at radius 1 is 0.327 bits per heavy atom. The fourth-order valence-electron chi connectivity index (χ4n) is 12.5. The first-order chi connectivity index (χ1) is 48.0. The third-order valence-electron chi connectivity index (χ3n) is 18.9. The third kappa shape index (κ3) is 82.1. The fraction of sp³-hybridized carbons (Fsp3) is 0.818. The van der Waals surface area contributed by atoms with Crippen molar-refractivity contribution >= 4 is 19.8 Å². The molecule has 0 aliphatic heterocycles. The summed E-state index contributed by atoms with van der Waals surface area (Å²) in [5.74, 6) is -0.812. The zero-order valence-corrected chi connectivity index (χ0v) is 66.4. The van der Waals surface area contributed by atoms with Crippen LogP contribution in [0, 0.1) is 0 Å². The number of ether oxygens (including phenoxy) is 2. The number of nitrogens with zero attached hydrogens (tertiary/aromatic N) is 1. The maximum Gasteiger partial charge on any atom is 0.306 e. The Labute approximate surface area is 609 Å². The summed E-state index contributed by atoms with van der Waals surface area (Å²) >= 11 is 0. The highest BCUT2D eigenvalue weighted by molar-refractivity contribution is 7.45. The predicted octanol–water partition coefficient (Wildman–Crippen LogP) is 27.8. The summed E-state index contributed by atoms with van der Waals surface area (Å²) in [7, 11) is 1.18. The van der Waals surface area contributed by atoms with Gasteiger partial charge in [-0.2, -0.15) is 0 Å². The van der Waals surface area contributed by atoms with Gasteiger partial charge < -0.3 is 27.9 Å². The molecule has 0 aromatic rings. The molecule has 9 nitrogen and oxygen atoms in total. The molecular formula is C88H162NO8P. The molecule has 10 heteroatoms. The first-order valence-corrected chi connectivity index (χ1v) is 43.8. The second-order valence-electron chi connectivity index (χ2n) is 29.8. The van der Waals surface area contributed by atoms with Gasteiger partial charge in [0, 0.05) is 12.8 Å². The molecule has 0 heterocycles. The topological polar surface area (TPSA) is 111 Å². The van der Waals surface area contributed by atoms with Crippen molar-refractivity contribution < 1.29 is 42.1 Å². The van der Waals surface area contributed by atoms with E-state index >= 15 is 0 Å². The van der Waals surface area contributed by atoms with Crippen molar-refractivity contribution in [3.8, 4) is 0 Å². The average Bonchev–Trinajstić information content (AvgIpc) is 1.08. The molecule has 0 aliphatic carbocycles. The largest absolute Gasteiger partial charge is 0.756 e. The van der Waals surface area contributed by atoms with Gasteiger partial charge >= 0.3 is 11.9 Å². The first kappa shape index (κ1) is 95.2. The van der Waals surface area contributed by atoms with E-state index in [1.807, 2.05) is 21.1 Å². The van der Waals surface area contributed by atoms with Gasteiger partial charge in [0.2, 0.25) is 0 Å². The summed E-state index contributed by atoms with van der Waals surface area (Å²) in [6, 6.07) is 0. The molecule has 0 spiro atoms. The van der Waals surface area contributed by atoms with Crippen LogP contribution in [0.5, 0.6) is 0 Å². The minimum Gasteiger partial charge on any atom is -0.756 e. The number of hydrogen-bond donors (Lipinski definition) is 0. The van der Waals surface area contributed by atoms with E-state index in [0.717, 1.165) is 77.0 Å². The number of rotatable bonds is 79. The molecule has 98 heavy (non-hydrogen) atoms. The van der Waals surface area contributed by atoms with Gasteiger partial charge in [0.05, 0.1) is 27.7 Å². The molecule has 0 aromatic heterocycles. The fourth-order valence-corrected chi connectivity index (χ4v) is 13.2. The molecule has 0 fully saturated rings. The number of phosphoric acid groups is 1. The van der Waals surface area contributed by atoms with Gasteiger partial charge in [-0.05, 0) is 89.9 Å². The normalized spacial score (nSPS) is 13.4. The molecule has 0 N–H and O–H groups in total. The minimum absolute atomic E-state index is 0.0299. The number of likely N-dealkylation sites (N-methyl/N-ethyl adjacent to an activating group) is 1. The molecular weight excluding hydrogens is 1230 g/mol. The maximum atomic E-state index is 12.9. The average molecular weight is 1390 g/mol. The second kappa shape index (κ2) is 78.3. The SMILES string of the molecule is CC/C=C\C/C=C\C/C=C\C/C=C\C/C=C\C/C=C\CCCCCCCCCCCCCCCCCCCCC(=O)OC(COC(=O)CCCCCCCCCCCCCCCCCCCCCCCCCCC/C=C\CCCCCCCCCC)COP(=O)([O-])OCC[N+](C)(C)C. The van der Waals surface area contributed by atoms with E-state index in [1.165, 1.54) is 302 Å². The first-order valence-electron chi connectivity index (χ1n) is 42.3. The number of quaternary nitrogens is 1. The molecule has 0 rings (SSSR count). The van der Waals surface area contributed by atoms with Crippen molar-refractivity contribution in [1.82, 2.24) is 0 Å². The Hall–Kier alpha value is -2.81. The molecule has 0 amide bonds. The summed E-state index contributed by atoms with van der Waals surface area (Å²) in [6.07, 6.45) is 109. The Morgan fingerprint density at radius 3 is 0.878 bits per heavy atom. The lowest BCUT2D eigenvalue weighted by Crippen LogP contribution is -2.37. The molecule has 2 unspecified atom stereocenters. The predicted molar refractivity (Wildman–Crippen MR) is 425 cm³/mol. The monoisotopic (exact) mass is 1390 g/mol. The van der Waals surface area contributed by atoms with Gasteiger partial charge in [0.1, 0.15) is 19.8 Å². The van der Waals surface area contributed by atoms with E-state index in [1.54, 1.807) is 0 Å². The van der Waals surface area contributed by atoms with Gasteiger partial charge in [0.15, 0.2) is 6.10 Å². The summed E-state index contributed by atoms with van der Waals surface area (Å²) in [6.45, 7) is 4.19. The number of hydrogen-bond acceptors (Lipinski definition) is 8. The highest BCUT2D eigenvalue weighted by Crippen LogP contribution is 2.38. The summed E-state index contributed by atoms with van der Waals surface area (Å²) < 4.78 is 34.5. The Morgan fingerprint density at radius 2 is 0.582 bits per heavy atom. The smallest absolute Gasteiger partial charge is 0.306 e. The van der Waals surface area contributed by atoms with E-state index in [2.05, 4.69) is 98.9 Å². The van der Waals surface area contributed by atoms with E-state index in [9.17, 15) is 19.0 Å². The van der Waals surface area contributed by atoms with Gasteiger partial charge in [0.25, 0.3) is 7.82 Å². The van der Waals surface area contributed by atoms with Crippen LogP contribution in [0.15, 0.2) is 85.1 Å². The van der Waals surface area contributed by atoms with Crippen LogP contribution in [-0.2, 0) is 32.7 Å². The van der Waals surface area contributed by atoms with Gasteiger partial charge in [-0.25, -0.2) is 0 Å². The quantitative estimate of drug-likeness (QED) is 0.0195. The lowest BCUT2D eigenvalue weighted by Gasteiger charge is -2.28. The lowest BCUT2D eigenvalue weighted by molar-refractivity contribution is -0.870. The minimum atomic E-state index is -4.65. The molecule has 0 saturated heterocycles. The number of carbonyl (C=O) groups is 2. The van der Waals surface area contributed by atoms with Crippen molar-refractivity contribution in [2.45, 2.75) is 418 Å². The standard InChI is InChI=1S/C88H162NO8P/c1-6-8-10-12-14-16-18-20-22-24-26-28-30-32-34-36-38-40-42-44-46-48-50-52-54-56-58-60-62-64-66-68-70-72-74-76-78-80-87(90)94-84-86(85-96-98(92,93)95-83-82-89(3,4)5)97-88(91)81-79-77-75-73-71-69-67-65-63-61-59-57-55-53-51-49-47-45-43-41-39-37-35-33-31-29-27-25-23-21-19-17-15-13-11-9-7-2/h9,11,15,17,21,23-24,26-27,29,33,35,39,41,86H,6-8,10,12-14,16,18-20,22,25,28,30-32,34,36-38,40,42-85H2,1-5H3/b11-9-,17-15-,23-21-,26-24-,29-27-,35-33-,41-39-. The number of carbonyl (C=O) groups excluding carboxylic acids is 2. The zero-order valence-electron chi connectivity index (χ0n) is 65.5. The van der Waals surface area contributed by atoms with Crippen LogP contribution in [0.1, 0.15) is 412 Å². The number of unbranched alkanes of at least 4 members (excludes halogenated alkanes) is 51. The maximum absolute atomic E-state index is 12.9. The third-order valence-corrected chi connectivity index (χ3v) is 19.9. The van der Waals surface area contributed by atoms with Crippen molar-refractivity contribution in [1.29, 1.82) is 0 Å². The molecule has 0 bridgehead atoms. The molecule has 2 atom stereocenters. The van der Waals surface area contributed by atoms with Crippen LogP contribution in [0.2, 0.25) is 0 Å². The summed E-state index contributed by atoms with van der Waals surface area (Å²) in [5.41, 5.74) is 0. The Balaban J connectivity index is 3.90. The lowest BCUT2D eigenvalue weighted by atomic mass is 10.0. The molecule has 0 saturated carbocycles. The highest BCUT2D eigenvalue weighted by Gasteiger charge is 2.22. The number of phosphoric ester groups is 1. The Bertz CT molecular complexity index is 1930. The van der Waals surface area contributed by atoms with Crippen LogP contribution < -0.4 is 4.89 Å². The second-order valence-corrected chi connectivity index (χ2v) is 31.2. The zero-order chi connectivity index (χ0) is 71.1. The van der Waals surface area contributed by atoms with Gasteiger partial charge in [-0.15, -0.1) is 0 Å². The number of esters is 2. The van der Waals surface area contributed by atoms with E-state index in [4.69, 9.17) is 18.5 Å². The van der Waals surface area contributed by atoms with Gasteiger partial charge in [-0.3, -0.25) is 14.2 Å². The van der Waals surface area contributed by atoms with E-state index in [-0.39, 0.29) is 32.0 Å². The summed E-state index contributed by atoms with van der Waals surface area (Å²) in [5, 5.41) is 0. The van der Waals surface area contributed by atoms with Crippen LogP contribution in [0.25, 0.3) is 0 Å². The van der Waals surface area contributed by atoms with Crippen molar-refractivity contribution in [2.75, 3.05) is 47.5 Å². The summed E-state index contributed by atoms with van der Waals surface area (Å²) in [4.78, 5) is 38.2. The molecule has 572 valence electrons. The molecule has 0 radical (unpaired) electrons. The highest BCUT2D eigenvalue weighted by atomic mass is 31.2. The Kier molecular flexibility index (Phi) is 76.1. The number of allylic oxidation sites excluding steroid dienone is 14.